The molecule has 0 radical (unpaired) electrons. The molecule has 2 aromatic carbocycles. The topological polar surface area (TPSA) is 55.5 Å². The predicted molar refractivity (Wildman–Crippen MR) is 80.6 cm³/mol. The zero-order chi connectivity index (χ0) is 14.7. The van der Waals surface area contributed by atoms with Gasteiger partial charge in [0.25, 0.3) is 0 Å². The monoisotopic (exact) mass is 303 g/mol. The van der Waals surface area contributed by atoms with Crippen LogP contribution in [0.3, 0.4) is 0 Å². The molecule has 0 unspecified atom stereocenters. The molecule has 4 nitrogen and oxygen atoms in total. The summed E-state index contributed by atoms with van der Waals surface area (Å²) in [6.45, 7) is 0.454. The molecule has 1 aromatic heterocycles. The van der Waals surface area contributed by atoms with Crippen LogP contribution in [0.4, 0.5) is 0 Å². The van der Waals surface area contributed by atoms with Gasteiger partial charge in [0, 0.05) is 24.5 Å². The van der Waals surface area contributed by atoms with Gasteiger partial charge in [-0.2, -0.15) is 0 Å². The summed E-state index contributed by atoms with van der Waals surface area (Å²) in [6.07, 6.45) is 0.438. The molecule has 3 aromatic rings. The van der Waals surface area contributed by atoms with Gasteiger partial charge in [-0.15, -0.1) is 0 Å². The molecule has 0 saturated carbocycles. The molecule has 0 atom stereocenters. The highest BCUT2D eigenvalue weighted by molar-refractivity contribution is 6.32. The number of aliphatic hydroxyl groups excluding tert-OH is 1. The first-order chi connectivity index (χ1) is 10.3. The standard InChI is InChI=1S/C16H14ClNO3/c17-13-8-12-14(6-7-19)18-21-15(12)9-16(13)20-10-11-4-2-1-3-5-11/h1-5,8-9,19H,6-7,10H2. The van der Waals surface area contributed by atoms with Crippen LogP contribution >= 0.6 is 11.6 Å². The number of fused-ring (bicyclic) bond motifs is 1. The molecule has 21 heavy (non-hydrogen) atoms. The molecule has 0 fully saturated rings. The van der Waals surface area contributed by atoms with E-state index in [-0.39, 0.29) is 6.61 Å². The van der Waals surface area contributed by atoms with E-state index >= 15 is 0 Å². The van der Waals surface area contributed by atoms with Gasteiger partial charge in [-0.05, 0) is 11.6 Å². The quantitative estimate of drug-likeness (QED) is 0.782. The van der Waals surface area contributed by atoms with Gasteiger partial charge in [0.2, 0.25) is 0 Å². The first-order valence-electron chi connectivity index (χ1n) is 6.63. The molecular formula is C16H14ClNO3. The van der Waals surface area contributed by atoms with Crippen molar-refractivity contribution < 1.29 is 14.4 Å². The van der Waals surface area contributed by atoms with E-state index in [9.17, 15) is 0 Å². The summed E-state index contributed by atoms with van der Waals surface area (Å²) in [4.78, 5) is 0. The van der Waals surface area contributed by atoms with Gasteiger partial charge < -0.3 is 14.4 Å². The lowest BCUT2D eigenvalue weighted by Gasteiger charge is -2.08. The maximum atomic E-state index is 8.99. The summed E-state index contributed by atoms with van der Waals surface area (Å²) >= 11 is 6.24. The number of hydrogen-bond donors (Lipinski definition) is 1. The highest BCUT2D eigenvalue weighted by Gasteiger charge is 2.12. The van der Waals surface area contributed by atoms with E-state index in [1.165, 1.54) is 0 Å². The Kier molecular flexibility index (Phi) is 4.08. The Morgan fingerprint density at radius 3 is 2.76 bits per heavy atom. The van der Waals surface area contributed by atoms with Gasteiger partial charge >= 0.3 is 0 Å². The second-order valence-corrected chi connectivity index (χ2v) is 5.06. The highest BCUT2D eigenvalue weighted by atomic mass is 35.5. The molecule has 3 rings (SSSR count). The maximum Gasteiger partial charge on any atom is 0.170 e. The van der Waals surface area contributed by atoms with E-state index in [4.69, 9.17) is 26.0 Å². The molecule has 1 heterocycles. The van der Waals surface area contributed by atoms with Crippen molar-refractivity contribution in [3.05, 3.63) is 58.7 Å². The molecule has 5 heteroatoms. The SMILES string of the molecule is OCCc1noc2cc(OCc3ccccc3)c(Cl)cc12. The fourth-order valence-electron chi connectivity index (χ4n) is 2.12. The van der Waals surface area contributed by atoms with Crippen LogP contribution in [0.1, 0.15) is 11.3 Å². The molecule has 0 aliphatic rings. The van der Waals surface area contributed by atoms with Crippen LogP contribution in [-0.4, -0.2) is 16.9 Å². The zero-order valence-electron chi connectivity index (χ0n) is 11.3. The smallest absolute Gasteiger partial charge is 0.170 e. The Balaban J connectivity index is 1.84. The molecule has 108 valence electrons. The van der Waals surface area contributed by atoms with Crippen LogP contribution in [0.5, 0.6) is 5.75 Å². The van der Waals surface area contributed by atoms with Gasteiger partial charge in [-0.3, -0.25) is 0 Å². The van der Waals surface area contributed by atoms with Crippen LogP contribution in [0.15, 0.2) is 47.0 Å². The van der Waals surface area contributed by atoms with Crippen molar-refractivity contribution in [1.29, 1.82) is 0 Å². The van der Waals surface area contributed by atoms with E-state index in [1.54, 1.807) is 12.1 Å². The van der Waals surface area contributed by atoms with Gasteiger partial charge in [-0.1, -0.05) is 47.1 Å². The molecule has 0 bridgehead atoms. The summed E-state index contributed by atoms with van der Waals surface area (Å²) in [5.41, 5.74) is 2.36. The van der Waals surface area contributed by atoms with E-state index < -0.39 is 0 Å². The van der Waals surface area contributed by atoms with Crippen LogP contribution < -0.4 is 4.74 Å². The van der Waals surface area contributed by atoms with Crippen molar-refractivity contribution in [2.24, 2.45) is 0 Å². The molecule has 0 saturated heterocycles. The van der Waals surface area contributed by atoms with Crippen molar-refractivity contribution in [3.63, 3.8) is 0 Å². The molecule has 0 amide bonds. The lowest BCUT2D eigenvalue weighted by molar-refractivity contribution is 0.295. The van der Waals surface area contributed by atoms with Gasteiger partial charge in [-0.25, -0.2) is 0 Å². The Bertz CT molecular complexity index is 740. The normalized spacial score (nSPS) is 11.0. The summed E-state index contributed by atoms with van der Waals surface area (Å²) in [6, 6.07) is 13.3. The molecule has 0 aliphatic heterocycles. The molecular weight excluding hydrogens is 290 g/mol. The Hall–Kier alpha value is -2.04. The summed E-state index contributed by atoms with van der Waals surface area (Å²) in [7, 11) is 0. The van der Waals surface area contributed by atoms with Crippen molar-refractivity contribution in [2.45, 2.75) is 13.0 Å². The summed E-state index contributed by atoms with van der Waals surface area (Å²) in [5.74, 6) is 0.555. The fraction of sp³-hybridized carbons (Fsp3) is 0.188. The number of halogens is 1. The fourth-order valence-corrected chi connectivity index (χ4v) is 2.34. The number of ether oxygens (including phenoxy) is 1. The van der Waals surface area contributed by atoms with E-state index in [0.717, 1.165) is 10.9 Å². The highest BCUT2D eigenvalue weighted by Crippen LogP contribution is 2.32. The van der Waals surface area contributed by atoms with E-state index in [0.29, 0.717) is 35.1 Å². The number of nitrogens with zero attached hydrogens (tertiary/aromatic N) is 1. The number of rotatable bonds is 5. The average Bonchev–Trinajstić information content (AvgIpc) is 2.88. The predicted octanol–water partition coefficient (Wildman–Crippen LogP) is 3.60. The third-order valence-electron chi connectivity index (χ3n) is 3.18. The zero-order valence-corrected chi connectivity index (χ0v) is 12.0. The minimum atomic E-state index is 0.0194. The van der Waals surface area contributed by atoms with Gasteiger partial charge in [0.1, 0.15) is 12.4 Å². The van der Waals surface area contributed by atoms with Crippen molar-refractivity contribution in [1.82, 2.24) is 5.16 Å². The number of benzene rings is 2. The van der Waals surface area contributed by atoms with Crippen LogP contribution in [0, 0.1) is 0 Å². The first kappa shape index (κ1) is 13.9. The van der Waals surface area contributed by atoms with E-state index in [1.807, 2.05) is 30.3 Å². The number of aliphatic hydroxyl groups is 1. The largest absolute Gasteiger partial charge is 0.487 e. The molecule has 0 aliphatic carbocycles. The second-order valence-electron chi connectivity index (χ2n) is 4.66. The lowest BCUT2D eigenvalue weighted by Crippen LogP contribution is -1.96. The Morgan fingerprint density at radius 2 is 2.00 bits per heavy atom. The number of aromatic nitrogens is 1. The Morgan fingerprint density at radius 1 is 1.19 bits per heavy atom. The minimum Gasteiger partial charge on any atom is -0.487 e. The van der Waals surface area contributed by atoms with Gasteiger partial charge in [0.05, 0.1) is 10.7 Å². The molecule has 0 spiro atoms. The summed E-state index contributed by atoms with van der Waals surface area (Å²) < 4.78 is 11.0. The van der Waals surface area contributed by atoms with Crippen molar-refractivity contribution in [2.75, 3.05) is 6.61 Å². The summed E-state index contributed by atoms with van der Waals surface area (Å²) in [5, 5.41) is 14.2. The van der Waals surface area contributed by atoms with Crippen LogP contribution in [-0.2, 0) is 13.0 Å². The van der Waals surface area contributed by atoms with Crippen molar-refractivity contribution >= 4 is 22.6 Å². The first-order valence-corrected chi connectivity index (χ1v) is 7.01. The number of hydrogen-bond acceptors (Lipinski definition) is 4. The second kappa shape index (κ2) is 6.16. The van der Waals surface area contributed by atoms with Crippen LogP contribution in [0.2, 0.25) is 5.02 Å². The maximum absolute atomic E-state index is 8.99. The average molecular weight is 304 g/mol. The molecule has 1 N–H and O–H groups in total. The van der Waals surface area contributed by atoms with E-state index in [2.05, 4.69) is 5.16 Å². The Labute approximate surface area is 126 Å². The lowest BCUT2D eigenvalue weighted by atomic mass is 10.1. The van der Waals surface area contributed by atoms with Gasteiger partial charge in [0.15, 0.2) is 5.58 Å². The third kappa shape index (κ3) is 3.01. The van der Waals surface area contributed by atoms with Crippen molar-refractivity contribution in [3.8, 4) is 5.75 Å². The minimum absolute atomic E-state index is 0.0194. The van der Waals surface area contributed by atoms with Crippen LogP contribution in [0.25, 0.3) is 11.0 Å². The third-order valence-corrected chi connectivity index (χ3v) is 3.48.